The van der Waals surface area contributed by atoms with E-state index in [1.54, 1.807) is 13.8 Å². The molecule has 12 nitrogen and oxygen atoms in total. The van der Waals surface area contributed by atoms with Crippen molar-refractivity contribution in [3.63, 3.8) is 0 Å². The van der Waals surface area contributed by atoms with Gasteiger partial charge in [-0.15, -0.1) is 12.4 Å². The van der Waals surface area contributed by atoms with Crippen LogP contribution in [0.2, 0.25) is 0 Å². The number of benzene rings is 2. The van der Waals surface area contributed by atoms with Gasteiger partial charge in [0.2, 0.25) is 5.78 Å². The summed E-state index contributed by atoms with van der Waals surface area (Å²) in [6.45, 7) is 5.61. The molecule has 13 heteroatoms. The maximum absolute atomic E-state index is 13.6. The number of halogens is 1. The molecule has 6 rings (SSSR count). The van der Waals surface area contributed by atoms with Gasteiger partial charge in [0.1, 0.15) is 23.4 Å². The number of aromatic hydroxyl groups is 3. The fourth-order valence-corrected chi connectivity index (χ4v) is 6.86. The van der Waals surface area contributed by atoms with E-state index in [-0.39, 0.29) is 60.0 Å². The van der Waals surface area contributed by atoms with Crippen molar-refractivity contribution in [2.75, 3.05) is 26.3 Å². The highest BCUT2D eigenvalue weighted by Crippen LogP contribution is 2.56. The number of rotatable bonds is 4. The summed E-state index contributed by atoms with van der Waals surface area (Å²) in [6.07, 6.45) is -5.23. The molecule has 2 aromatic rings. The summed E-state index contributed by atoms with van der Waals surface area (Å²) < 4.78 is 17.8. The molecule has 234 valence electrons. The maximum Gasteiger partial charge on any atom is 0.202 e. The minimum absolute atomic E-state index is 0. The number of aliphatic hydroxyl groups excluding tert-OH is 2. The molecule has 0 bridgehead atoms. The summed E-state index contributed by atoms with van der Waals surface area (Å²) in [5.74, 6) is -3.61. The lowest BCUT2D eigenvalue weighted by molar-refractivity contribution is -0.264. The number of carbonyl (C=O) groups excluding carboxylic acids is 2. The zero-order chi connectivity index (χ0) is 30.1. The van der Waals surface area contributed by atoms with Crippen molar-refractivity contribution in [3.8, 4) is 17.2 Å². The Kier molecular flexibility index (Phi) is 8.53. The number of morpholine rings is 1. The molecule has 6 N–H and O–H groups in total. The minimum Gasteiger partial charge on any atom is -0.507 e. The molecule has 0 saturated carbocycles. The van der Waals surface area contributed by atoms with Gasteiger partial charge < -0.3 is 44.8 Å². The molecule has 0 spiro atoms. The van der Waals surface area contributed by atoms with Crippen LogP contribution in [-0.2, 0) is 14.2 Å². The molecule has 2 heterocycles. The van der Waals surface area contributed by atoms with Crippen molar-refractivity contribution in [2.45, 2.75) is 75.5 Å². The second-order valence-electron chi connectivity index (χ2n) is 11.5. The average Bonchev–Trinajstić information content (AvgIpc) is 2.97. The van der Waals surface area contributed by atoms with Gasteiger partial charge in [0.05, 0.1) is 53.8 Å². The number of ether oxygens (including phenoxy) is 3. The Morgan fingerprint density at radius 2 is 1.65 bits per heavy atom. The summed E-state index contributed by atoms with van der Waals surface area (Å²) >= 11 is 0. The van der Waals surface area contributed by atoms with Gasteiger partial charge in [-0.05, 0) is 19.4 Å². The number of hydrogen-bond donors (Lipinski definition) is 6. The number of fused-ring (bicyclic) bond motifs is 3. The van der Waals surface area contributed by atoms with Crippen molar-refractivity contribution >= 4 is 24.0 Å². The number of hydrogen-bond acceptors (Lipinski definition) is 12. The second kappa shape index (κ2) is 11.6. The smallest absolute Gasteiger partial charge is 0.202 e. The van der Waals surface area contributed by atoms with E-state index in [1.165, 1.54) is 18.2 Å². The largest absolute Gasteiger partial charge is 0.507 e. The molecule has 2 fully saturated rings. The molecule has 4 aliphatic rings. The predicted molar refractivity (Wildman–Crippen MR) is 152 cm³/mol. The fourth-order valence-electron chi connectivity index (χ4n) is 6.86. The van der Waals surface area contributed by atoms with Crippen LogP contribution < -0.4 is 0 Å². The SMILES string of the molecule is CC[C@@]1(O)C[C@H](O[C@H]2C[C@H](N3CCOCC3)[C@H](O)[C@H](C)O2)c2c(O)c3c(c(O)c2[C@H]1O)C(=O)c1cccc(O)c1C3=O.Cl. The molecule has 2 saturated heterocycles. The minimum atomic E-state index is -1.82. The number of ketones is 2. The predicted octanol–water partition coefficient (Wildman–Crippen LogP) is 1.83. The number of phenols is 3. The second-order valence-corrected chi connectivity index (χ2v) is 11.5. The van der Waals surface area contributed by atoms with Crippen LogP contribution in [0, 0.1) is 0 Å². The highest BCUT2D eigenvalue weighted by molar-refractivity contribution is 6.31. The van der Waals surface area contributed by atoms with E-state index in [4.69, 9.17) is 14.2 Å². The summed E-state index contributed by atoms with van der Waals surface area (Å²) in [7, 11) is 0. The van der Waals surface area contributed by atoms with Gasteiger partial charge >= 0.3 is 0 Å². The number of aliphatic hydroxyl groups is 3. The Labute approximate surface area is 253 Å². The zero-order valence-electron chi connectivity index (χ0n) is 23.7. The molecule has 0 unspecified atom stereocenters. The van der Waals surface area contributed by atoms with Gasteiger partial charge in [0.25, 0.3) is 0 Å². The Bertz CT molecular complexity index is 1440. The van der Waals surface area contributed by atoms with Gasteiger partial charge in [-0.25, -0.2) is 0 Å². The molecular formula is C30H36ClNO11. The first-order chi connectivity index (χ1) is 20.0. The molecule has 2 aliphatic carbocycles. The van der Waals surface area contributed by atoms with Crippen LogP contribution in [0.5, 0.6) is 17.2 Å². The monoisotopic (exact) mass is 621 g/mol. The first-order valence-electron chi connectivity index (χ1n) is 14.2. The Morgan fingerprint density at radius 3 is 2.33 bits per heavy atom. The normalized spacial score (nSPS) is 32.4. The van der Waals surface area contributed by atoms with E-state index in [9.17, 15) is 40.2 Å². The topological polar surface area (TPSA) is 186 Å². The van der Waals surface area contributed by atoms with E-state index >= 15 is 0 Å². The quantitative estimate of drug-likeness (QED) is 0.232. The number of carbonyl (C=O) groups is 2. The van der Waals surface area contributed by atoms with Gasteiger partial charge in [0.15, 0.2) is 12.1 Å². The lowest BCUT2D eigenvalue weighted by Crippen LogP contribution is -2.58. The summed E-state index contributed by atoms with van der Waals surface area (Å²) in [5, 5.41) is 67.1. The summed E-state index contributed by atoms with van der Waals surface area (Å²) in [5.41, 5.74) is -3.80. The highest BCUT2D eigenvalue weighted by atomic mass is 35.5. The van der Waals surface area contributed by atoms with Crippen LogP contribution in [0.15, 0.2) is 18.2 Å². The van der Waals surface area contributed by atoms with Crippen molar-refractivity contribution < 1.29 is 54.4 Å². The Balaban J connectivity index is 0.00000368. The number of nitrogens with zero attached hydrogens (tertiary/aromatic N) is 1. The molecule has 43 heavy (non-hydrogen) atoms. The average molecular weight is 622 g/mol. The lowest BCUT2D eigenvalue weighted by atomic mass is 9.70. The molecule has 0 aromatic heterocycles. The van der Waals surface area contributed by atoms with E-state index in [0.29, 0.717) is 26.3 Å². The van der Waals surface area contributed by atoms with Gasteiger partial charge in [0, 0.05) is 48.7 Å². The molecular weight excluding hydrogens is 586 g/mol. The zero-order valence-corrected chi connectivity index (χ0v) is 24.5. The molecule has 0 radical (unpaired) electrons. The van der Waals surface area contributed by atoms with E-state index in [1.807, 2.05) is 0 Å². The van der Waals surface area contributed by atoms with Crippen molar-refractivity contribution in [1.82, 2.24) is 4.90 Å². The van der Waals surface area contributed by atoms with Gasteiger partial charge in [-0.2, -0.15) is 0 Å². The molecule has 2 aliphatic heterocycles. The van der Waals surface area contributed by atoms with E-state index in [2.05, 4.69) is 4.90 Å². The molecule has 7 atom stereocenters. The molecule has 0 amide bonds. The fraction of sp³-hybridized carbons (Fsp3) is 0.533. The van der Waals surface area contributed by atoms with Crippen molar-refractivity contribution in [2.24, 2.45) is 0 Å². The van der Waals surface area contributed by atoms with Crippen LogP contribution in [0.1, 0.15) is 88.3 Å². The first-order valence-corrected chi connectivity index (χ1v) is 14.2. The summed E-state index contributed by atoms with van der Waals surface area (Å²) in [6, 6.07) is 3.60. The third kappa shape index (κ3) is 4.90. The summed E-state index contributed by atoms with van der Waals surface area (Å²) in [4.78, 5) is 29.2. The molecule has 2 aromatic carbocycles. The standard InChI is InChI=1S/C30H35NO11.ClH/c1-3-30(39)12-17(42-18-11-15(24(33)13(2)41-18)31-7-9-40-10-8-31)20-23(29(30)38)28(37)21-22(27(20)36)26(35)19-14(25(21)34)5-4-6-16(19)32;/h4-6,13,15,17-18,24,29,32-33,36-39H,3,7-12H2,1-2H3;1H/t13-,15-,17-,18-,24+,29+,30+;/m0./s1. The third-order valence-electron chi connectivity index (χ3n) is 9.25. The maximum atomic E-state index is 13.6. The number of phenolic OH excluding ortho intramolecular Hbond substituents is 3. The van der Waals surface area contributed by atoms with E-state index in [0.717, 1.165) is 0 Å². The van der Waals surface area contributed by atoms with Crippen LogP contribution >= 0.6 is 12.4 Å². The van der Waals surface area contributed by atoms with Crippen molar-refractivity contribution in [1.29, 1.82) is 0 Å². The van der Waals surface area contributed by atoms with Crippen LogP contribution in [-0.4, -0.2) is 104 Å². The van der Waals surface area contributed by atoms with Gasteiger partial charge in [-0.3, -0.25) is 14.5 Å². The Morgan fingerprint density at radius 1 is 1.00 bits per heavy atom. The highest BCUT2D eigenvalue weighted by Gasteiger charge is 2.52. The van der Waals surface area contributed by atoms with Crippen LogP contribution in [0.4, 0.5) is 0 Å². The van der Waals surface area contributed by atoms with E-state index < -0.39 is 76.2 Å². The first kappa shape index (κ1) is 31.6. The van der Waals surface area contributed by atoms with Crippen LogP contribution in [0.3, 0.4) is 0 Å². The lowest BCUT2D eigenvalue weighted by Gasteiger charge is -2.47. The van der Waals surface area contributed by atoms with Gasteiger partial charge in [-0.1, -0.05) is 19.1 Å². The third-order valence-corrected chi connectivity index (χ3v) is 9.25. The Hall–Kier alpha value is -2.81. The van der Waals surface area contributed by atoms with Crippen LogP contribution in [0.25, 0.3) is 0 Å². The van der Waals surface area contributed by atoms with Crippen molar-refractivity contribution in [3.05, 3.63) is 51.6 Å².